The number of halogens is 2. The summed E-state index contributed by atoms with van der Waals surface area (Å²) in [5.74, 6) is 1.17. The minimum absolute atomic E-state index is 0.0757. The first kappa shape index (κ1) is 14.9. The molecular weight excluding hydrogens is 295 g/mol. The highest BCUT2D eigenvalue weighted by Crippen LogP contribution is 2.31. The van der Waals surface area contributed by atoms with E-state index >= 15 is 0 Å². The van der Waals surface area contributed by atoms with Gasteiger partial charge in [-0.2, -0.15) is 4.98 Å². The normalized spacial score (nSPS) is 11.2. The highest BCUT2D eigenvalue weighted by Gasteiger charge is 2.12. The standard InChI is InChI=1S/C14H16Cl2N4/c1-14(2,3)20-11-7-8-17-13(18-11)19-12-9(15)5-4-6-10(12)16/h4-8H,1-3H3,(H2,17,18,19,20). The molecule has 1 heterocycles. The van der Waals surface area contributed by atoms with Crippen molar-refractivity contribution in [2.75, 3.05) is 10.6 Å². The quantitative estimate of drug-likeness (QED) is 0.860. The van der Waals surface area contributed by atoms with E-state index in [2.05, 4.69) is 41.4 Å². The van der Waals surface area contributed by atoms with Crippen LogP contribution < -0.4 is 10.6 Å². The van der Waals surface area contributed by atoms with Crippen molar-refractivity contribution in [3.63, 3.8) is 0 Å². The fourth-order valence-corrected chi connectivity index (χ4v) is 2.09. The molecule has 0 fully saturated rings. The summed E-state index contributed by atoms with van der Waals surface area (Å²) >= 11 is 12.2. The summed E-state index contributed by atoms with van der Waals surface area (Å²) in [6.07, 6.45) is 1.67. The fourth-order valence-electron chi connectivity index (χ4n) is 1.60. The zero-order valence-corrected chi connectivity index (χ0v) is 13.0. The Hall–Kier alpha value is -1.52. The number of rotatable bonds is 3. The van der Waals surface area contributed by atoms with E-state index in [0.29, 0.717) is 21.7 Å². The minimum atomic E-state index is -0.0757. The molecule has 20 heavy (non-hydrogen) atoms. The Kier molecular flexibility index (Phi) is 4.35. The molecule has 0 aliphatic rings. The summed E-state index contributed by atoms with van der Waals surface area (Å²) in [5, 5.41) is 7.37. The van der Waals surface area contributed by atoms with Crippen molar-refractivity contribution in [1.29, 1.82) is 0 Å². The number of benzene rings is 1. The van der Waals surface area contributed by atoms with Crippen LogP contribution in [0.4, 0.5) is 17.5 Å². The molecule has 1 aromatic heterocycles. The average molecular weight is 311 g/mol. The molecule has 0 saturated heterocycles. The van der Waals surface area contributed by atoms with E-state index in [0.717, 1.165) is 5.82 Å². The van der Waals surface area contributed by atoms with Gasteiger partial charge in [-0.25, -0.2) is 4.98 Å². The molecule has 0 aliphatic heterocycles. The Bertz CT molecular complexity index is 588. The highest BCUT2D eigenvalue weighted by molar-refractivity contribution is 6.39. The van der Waals surface area contributed by atoms with Crippen LogP contribution in [0.3, 0.4) is 0 Å². The van der Waals surface area contributed by atoms with Gasteiger partial charge in [-0.05, 0) is 39.0 Å². The Morgan fingerprint density at radius 1 is 1.05 bits per heavy atom. The molecule has 4 nitrogen and oxygen atoms in total. The van der Waals surface area contributed by atoms with Crippen LogP contribution in [0.5, 0.6) is 0 Å². The van der Waals surface area contributed by atoms with E-state index < -0.39 is 0 Å². The van der Waals surface area contributed by atoms with Crippen molar-refractivity contribution in [2.45, 2.75) is 26.3 Å². The number of nitrogens with zero attached hydrogens (tertiary/aromatic N) is 2. The van der Waals surface area contributed by atoms with Crippen LogP contribution in [-0.2, 0) is 0 Å². The molecule has 0 spiro atoms. The van der Waals surface area contributed by atoms with E-state index in [4.69, 9.17) is 23.2 Å². The predicted octanol–water partition coefficient (Wildman–Crippen LogP) is 4.74. The zero-order chi connectivity index (χ0) is 14.8. The van der Waals surface area contributed by atoms with E-state index in [-0.39, 0.29) is 5.54 Å². The molecule has 2 rings (SSSR count). The summed E-state index contributed by atoms with van der Waals surface area (Å²) in [5.41, 5.74) is 0.525. The van der Waals surface area contributed by atoms with Crippen molar-refractivity contribution in [3.8, 4) is 0 Å². The van der Waals surface area contributed by atoms with Gasteiger partial charge < -0.3 is 10.6 Å². The van der Waals surface area contributed by atoms with Crippen molar-refractivity contribution < 1.29 is 0 Å². The van der Waals surface area contributed by atoms with E-state index in [9.17, 15) is 0 Å². The molecule has 2 aromatic rings. The predicted molar refractivity (Wildman–Crippen MR) is 85.2 cm³/mol. The summed E-state index contributed by atoms with van der Waals surface area (Å²) in [7, 11) is 0. The third kappa shape index (κ3) is 3.99. The molecule has 0 bridgehead atoms. The molecule has 0 aliphatic carbocycles. The summed E-state index contributed by atoms with van der Waals surface area (Å²) in [6, 6.07) is 7.11. The van der Waals surface area contributed by atoms with Crippen LogP contribution in [0.15, 0.2) is 30.5 Å². The Morgan fingerprint density at radius 3 is 2.30 bits per heavy atom. The second-order valence-electron chi connectivity index (χ2n) is 5.36. The number of para-hydroxylation sites is 1. The summed E-state index contributed by atoms with van der Waals surface area (Å²) in [4.78, 5) is 8.55. The summed E-state index contributed by atoms with van der Waals surface area (Å²) in [6.45, 7) is 6.19. The average Bonchev–Trinajstić information content (AvgIpc) is 2.32. The first-order valence-corrected chi connectivity index (χ1v) is 6.93. The van der Waals surface area contributed by atoms with Gasteiger partial charge in [0, 0.05) is 11.7 Å². The maximum absolute atomic E-state index is 6.11. The lowest BCUT2D eigenvalue weighted by atomic mass is 10.1. The number of aromatic nitrogens is 2. The topological polar surface area (TPSA) is 49.8 Å². The van der Waals surface area contributed by atoms with Crippen molar-refractivity contribution in [3.05, 3.63) is 40.5 Å². The van der Waals surface area contributed by atoms with Crippen LogP contribution in [-0.4, -0.2) is 15.5 Å². The van der Waals surface area contributed by atoms with Gasteiger partial charge in [-0.3, -0.25) is 0 Å². The van der Waals surface area contributed by atoms with E-state index in [1.807, 2.05) is 6.07 Å². The van der Waals surface area contributed by atoms with Gasteiger partial charge in [0.05, 0.1) is 15.7 Å². The maximum atomic E-state index is 6.11. The van der Waals surface area contributed by atoms with Gasteiger partial charge in [0.1, 0.15) is 5.82 Å². The molecule has 0 atom stereocenters. The molecule has 106 valence electrons. The lowest BCUT2D eigenvalue weighted by Crippen LogP contribution is -2.26. The SMILES string of the molecule is CC(C)(C)Nc1ccnc(Nc2c(Cl)cccc2Cl)n1. The largest absolute Gasteiger partial charge is 0.365 e. The third-order valence-corrected chi connectivity index (χ3v) is 2.99. The van der Waals surface area contributed by atoms with Crippen LogP contribution in [0.1, 0.15) is 20.8 Å². The molecule has 0 amide bonds. The van der Waals surface area contributed by atoms with Crippen LogP contribution >= 0.6 is 23.2 Å². The fraction of sp³-hybridized carbons (Fsp3) is 0.286. The first-order chi connectivity index (χ1) is 9.35. The van der Waals surface area contributed by atoms with Crippen molar-refractivity contribution in [1.82, 2.24) is 9.97 Å². The van der Waals surface area contributed by atoms with E-state index in [1.54, 1.807) is 24.4 Å². The molecule has 2 N–H and O–H groups in total. The summed E-state index contributed by atoms with van der Waals surface area (Å²) < 4.78 is 0. The Balaban J connectivity index is 2.24. The molecule has 6 heteroatoms. The number of anilines is 3. The third-order valence-electron chi connectivity index (χ3n) is 2.36. The lowest BCUT2D eigenvalue weighted by Gasteiger charge is -2.21. The number of nitrogens with one attached hydrogen (secondary N) is 2. The first-order valence-electron chi connectivity index (χ1n) is 6.17. The number of hydrogen-bond donors (Lipinski definition) is 2. The van der Waals surface area contributed by atoms with Gasteiger partial charge in [-0.1, -0.05) is 29.3 Å². The molecule has 0 saturated carbocycles. The van der Waals surface area contributed by atoms with Gasteiger partial charge in [-0.15, -0.1) is 0 Å². The lowest BCUT2D eigenvalue weighted by molar-refractivity contribution is 0.630. The van der Waals surface area contributed by atoms with Crippen molar-refractivity contribution in [2.24, 2.45) is 0 Å². The van der Waals surface area contributed by atoms with Crippen LogP contribution in [0.25, 0.3) is 0 Å². The Morgan fingerprint density at radius 2 is 1.70 bits per heavy atom. The minimum Gasteiger partial charge on any atom is -0.365 e. The van der Waals surface area contributed by atoms with Gasteiger partial charge in [0.15, 0.2) is 0 Å². The second kappa shape index (κ2) is 5.85. The van der Waals surface area contributed by atoms with Gasteiger partial charge in [0.2, 0.25) is 5.95 Å². The van der Waals surface area contributed by atoms with Crippen LogP contribution in [0.2, 0.25) is 10.0 Å². The molecule has 0 radical (unpaired) electrons. The van der Waals surface area contributed by atoms with Gasteiger partial charge in [0.25, 0.3) is 0 Å². The van der Waals surface area contributed by atoms with Crippen LogP contribution in [0, 0.1) is 0 Å². The van der Waals surface area contributed by atoms with Gasteiger partial charge >= 0.3 is 0 Å². The zero-order valence-electron chi connectivity index (χ0n) is 11.5. The molecular formula is C14H16Cl2N4. The second-order valence-corrected chi connectivity index (χ2v) is 6.18. The highest BCUT2D eigenvalue weighted by atomic mass is 35.5. The smallest absolute Gasteiger partial charge is 0.229 e. The molecule has 1 aromatic carbocycles. The van der Waals surface area contributed by atoms with E-state index in [1.165, 1.54) is 0 Å². The monoisotopic (exact) mass is 310 g/mol. The molecule has 0 unspecified atom stereocenters. The maximum Gasteiger partial charge on any atom is 0.229 e. The number of hydrogen-bond acceptors (Lipinski definition) is 4. The Labute approximate surface area is 128 Å². The van der Waals surface area contributed by atoms with Crippen molar-refractivity contribution >= 4 is 40.7 Å².